The molecule has 3 heterocycles. The van der Waals surface area contributed by atoms with Crippen LogP contribution in [0, 0.1) is 18.8 Å². The Morgan fingerprint density at radius 3 is 2.59 bits per heavy atom. The molecule has 120 valence electrons. The Bertz CT molecular complexity index is 859. The monoisotopic (exact) mass is 341 g/mol. The second-order valence-corrected chi connectivity index (χ2v) is 9.25. The van der Waals surface area contributed by atoms with Crippen LogP contribution < -0.4 is 5.56 Å². The van der Waals surface area contributed by atoms with Gasteiger partial charge in [0.1, 0.15) is 9.73 Å². The predicted octanol–water partition coefficient (Wildman–Crippen LogP) is 1.96. The molecule has 0 amide bonds. The molecule has 0 bridgehead atoms. The first kappa shape index (κ1) is 15.6. The molecule has 1 aliphatic heterocycles. The fourth-order valence-corrected chi connectivity index (χ4v) is 6.63. The van der Waals surface area contributed by atoms with Crippen LogP contribution >= 0.6 is 11.3 Å². The summed E-state index contributed by atoms with van der Waals surface area (Å²) in [4.78, 5) is 19.9. The third kappa shape index (κ3) is 2.49. The van der Waals surface area contributed by atoms with Gasteiger partial charge in [-0.15, -0.1) is 11.3 Å². The number of H-pyrrole nitrogens is 1. The van der Waals surface area contributed by atoms with Crippen molar-refractivity contribution in [3.63, 3.8) is 0 Å². The fourth-order valence-electron chi connectivity index (χ4n) is 3.27. The Morgan fingerprint density at radius 2 is 1.95 bits per heavy atom. The van der Waals surface area contributed by atoms with Gasteiger partial charge >= 0.3 is 0 Å². The van der Waals surface area contributed by atoms with Gasteiger partial charge in [-0.2, -0.15) is 4.31 Å². The summed E-state index contributed by atoms with van der Waals surface area (Å²) in [6.45, 7) is 6.86. The van der Waals surface area contributed by atoms with Gasteiger partial charge in [-0.05, 0) is 25.2 Å². The first-order valence-electron chi connectivity index (χ1n) is 7.27. The molecule has 8 heteroatoms. The molecule has 2 unspecified atom stereocenters. The number of nitrogens with one attached hydrogen (secondary N) is 1. The van der Waals surface area contributed by atoms with Crippen molar-refractivity contribution < 1.29 is 8.42 Å². The number of nitrogens with zero attached hydrogens (tertiary/aromatic N) is 2. The first-order valence-corrected chi connectivity index (χ1v) is 9.53. The SMILES string of the molecule is Cc1sc2nc[nH]c(=O)c2c1S(=O)(=O)N1CC(C)CC(C)C1. The van der Waals surface area contributed by atoms with E-state index in [0.29, 0.717) is 34.6 Å². The molecular weight excluding hydrogens is 322 g/mol. The summed E-state index contributed by atoms with van der Waals surface area (Å²) in [6, 6.07) is 0. The molecule has 1 N–H and O–H groups in total. The number of aromatic amines is 1. The summed E-state index contributed by atoms with van der Waals surface area (Å²) >= 11 is 1.25. The number of hydrogen-bond acceptors (Lipinski definition) is 5. The zero-order chi connectivity index (χ0) is 16.1. The van der Waals surface area contributed by atoms with E-state index in [1.807, 2.05) is 0 Å². The third-order valence-electron chi connectivity index (χ3n) is 4.05. The highest BCUT2D eigenvalue weighted by atomic mass is 32.2. The van der Waals surface area contributed by atoms with Gasteiger partial charge in [-0.1, -0.05) is 13.8 Å². The van der Waals surface area contributed by atoms with Crippen LogP contribution in [0.1, 0.15) is 25.1 Å². The predicted molar refractivity (Wildman–Crippen MR) is 86.7 cm³/mol. The van der Waals surface area contributed by atoms with Crippen molar-refractivity contribution >= 4 is 31.6 Å². The fraction of sp³-hybridized carbons (Fsp3) is 0.571. The van der Waals surface area contributed by atoms with E-state index in [1.165, 1.54) is 22.0 Å². The van der Waals surface area contributed by atoms with E-state index in [0.717, 1.165) is 6.42 Å². The minimum absolute atomic E-state index is 0.128. The first-order chi connectivity index (χ1) is 10.3. The molecule has 0 aliphatic carbocycles. The minimum atomic E-state index is -3.68. The van der Waals surface area contributed by atoms with Crippen molar-refractivity contribution in [1.29, 1.82) is 0 Å². The van der Waals surface area contributed by atoms with Gasteiger partial charge in [0.05, 0.1) is 11.7 Å². The molecule has 0 saturated carbocycles. The van der Waals surface area contributed by atoms with Gasteiger partial charge in [0.2, 0.25) is 10.0 Å². The summed E-state index contributed by atoms with van der Waals surface area (Å²) in [5.41, 5.74) is -0.397. The van der Waals surface area contributed by atoms with Gasteiger partial charge in [0, 0.05) is 18.0 Å². The van der Waals surface area contributed by atoms with Gasteiger partial charge in [0.15, 0.2) is 0 Å². The molecule has 6 nitrogen and oxygen atoms in total. The van der Waals surface area contributed by atoms with Crippen molar-refractivity contribution in [1.82, 2.24) is 14.3 Å². The van der Waals surface area contributed by atoms with Gasteiger partial charge in [0.25, 0.3) is 5.56 Å². The number of thiophene rings is 1. The standard InChI is InChI=1S/C14H19N3O3S2/c1-8-4-9(2)6-17(5-8)22(19,20)12-10(3)21-14-11(12)13(18)15-7-16-14/h7-9H,4-6H2,1-3H3,(H,15,16,18). The smallest absolute Gasteiger partial charge is 0.260 e. The number of aryl methyl sites for hydroxylation is 1. The molecule has 1 aliphatic rings. The van der Waals surface area contributed by atoms with Crippen LogP contribution in [0.15, 0.2) is 16.0 Å². The number of piperidine rings is 1. The summed E-state index contributed by atoms with van der Waals surface area (Å²) in [7, 11) is -3.68. The number of fused-ring (bicyclic) bond motifs is 1. The molecule has 0 radical (unpaired) electrons. The zero-order valence-corrected chi connectivity index (χ0v) is 14.4. The highest BCUT2D eigenvalue weighted by Crippen LogP contribution is 2.34. The van der Waals surface area contributed by atoms with Crippen LogP contribution in [0.2, 0.25) is 0 Å². The zero-order valence-electron chi connectivity index (χ0n) is 12.8. The van der Waals surface area contributed by atoms with Gasteiger partial charge in [-0.25, -0.2) is 13.4 Å². The minimum Gasteiger partial charge on any atom is -0.313 e. The number of sulfonamides is 1. The van der Waals surface area contributed by atoms with E-state index < -0.39 is 15.6 Å². The molecule has 2 atom stereocenters. The average molecular weight is 341 g/mol. The summed E-state index contributed by atoms with van der Waals surface area (Å²) in [5.74, 6) is 0.639. The average Bonchev–Trinajstić information content (AvgIpc) is 2.75. The van der Waals surface area contributed by atoms with E-state index in [9.17, 15) is 13.2 Å². The third-order valence-corrected chi connectivity index (χ3v) is 7.19. The number of hydrogen-bond donors (Lipinski definition) is 1. The topological polar surface area (TPSA) is 83.1 Å². The van der Waals surface area contributed by atoms with E-state index >= 15 is 0 Å². The van der Waals surface area contributed by atoms with Crippen LogP contribution in [0.25, 0.3) is 10.2 Å². The van der Waals surface area contributed by atoms with Crippen molar-refractivity contribution in [3.8, 4) is 0 Å². The molecule has 0 spiro atoms. The highest BCUT2D eigenvalue weighted by Gasteiger charge is 2.35. The molecule has 1 saturated heterocycles. The summed E-state index contributed by atoms with van der Waals surface area (Å²) in [6.07, 6.45) is 2.33. The van der Waals surface area contributed by atoms with Crippen molar-refractivity contribution in [2.45, 2.75) is 32.1 Å². The highest BCUT2D eigenvalue weighted by molar-refractivity contribution is 7.89. The second kappa shape index (κ2) is 5.43. The lowest BCUT2D eigenvalue weighted by Gasteiger charge is -2.34. The van der Waals surface area contributed by atoms with Gasteiger partial charge < -0.3 is 4.98 Å². The van der Waals surface area contributed by atoms with E-state index in [1.54, 1.807) is 6.92 Å². The maximum atomic E-state index is 13.1. The Hall–Kier alpha value is -1.25. The summed E-state index contributed by atoms with van der Waals surface area (Å²) < 4.78 is 27.7. The maximum absolute atomic E-state index is 13.1. The van der Waals surface area contributed by atoms with Crippen molar-refractivity contribution in [3.05, 3.63) is 21.6 Å². The Kier molecular flexibility index (Phi) is 3.86. The molecule has 1 fully saturated rings. The normalized spacial score (nSPS) is 24.0. The Balaban J connectivity index is 2.18. The molecule has 0 aromatic carbocycles. The van der Waals surface area contributed by atoms with Crippen LogP contribution in [0.4, 0.5) is 0 Å². The van der Waals surface area contributed by atoms with Crippen LogP contribution in [-0.2, 0) is 10.0 Å². The molecule has 2 aromatic heterocycles. The molecule has 2 aromatic rings. The number of aromatic nitrogens is 2. The lowest BCUT2D eigenvalue weighted by molar-refractivity contribution is 0.222. The number of rotatable bonds is 2. The molecular formula is C14H19N3O3S2. The Morgan fingerprint density at radius 1 is 1.32 bits per heavy atom. The van der Waals surface area contributed by atoms with E-state index in [4.69, 9.17) is 0 Å². The molecule has 3 rings (SSSR count). The quantitative estimate of drug-likeness (QED) is 0.905. The van der Waals surface area contributed by atoms with Gasteiger partial charge in [-0.3, -0.25) is 4.79 Å². The lowest BCUT2D eigenvalue weighted by atomic mass is 9.94. The Labute approximate surface area is 133 Å². The maximum Gasteiger partial charge on any atom is 0.260 e. The van der Waals surface area contributed by atoms with Crippen molar-refractivity contribution in [2.75, 3.05) is 13.1 Å². The van der Waals surface area contributed by atoms with E-state index in [-0.39, 0.29) is 10.3 Å². The second-order valence-electron chi connectivity index (χ2n) is 6.17. The van der Waals surface area contributed by atoms with Crippen LogP contribution in [-0.4, -0.2) is 35.8 Å². The van der Waals surface area contributed by atoms with Crippen LogP contribution in [0.5, 0.6) is 0 Å². The molecule has 22 heavy (non-hydrogen) atoms. The van der Waals surface area contributed by atoms with Crippen LogP contribution in [0.3, 0.4) is 0 Å². The van der Waals surface area contributed by atoms with E-state index in [2.05, 4.69) is 23.8 Å². The van der Waals surface area contributed by atoms with Crippen molar-refractivity contribution in [2.24, 2.45) is 11.8 Å². The largest absolute Gasteiger partial charge is 0.313 e. The summed E-state index contributed by atoms with van der Waals surface area (Å²) in [5, 5.41) is 0.191. The lowest BCUT2D eigenvalue weighted by Crippen LogP contribution is -2.42.